The predicted octanol–water partition coefficient (Wildman–Crippen LogP) is 1.90. The maximum Gasteiger partial charge on any atom is 0.237 e. The van der Waals surface area contributed by atoms with Crippen LogP contribution in [0.2, 0.25) is 0 Å². The van der Waals surface area contributed by atoms with Gasteiger partial charge in [0.05, 0.1) is 7.11 Å². The minimum absolute atomic E-state index is 0.202. The quantitative estimate of drug-likeness (QED) is 0.815. The number of aromatic nitrogens is 2. The molecule has 2 heterocycles. The Labute approximate surface area is 117 Å². The van der Waals surface area contributed by atoms with Crippen LogP contribution in [0, 0.1) is 5.92 Å². The number of nitrogens with zero attached hydrogens (tertiary/aromatic N) is 2. The molecule has 19 heavy (non-hydrogen) atoms. The van der Waals surface area contributed by atoms with Crippen molar-refractivity contribution >= 4 is 16.3 Å². The number of aliphatic hydroxyl groups is 1. The highest BCUT2D eigenvalue weighted by Gasteiger charge is 2.17. The van der Waals surface area contributed by atoms with Gasteiger partial charge in [-0.3, -0.25) is 4.40 Å². The van der Waals surface area contributed by atoms with Crippen molar-refractivity contribution in [3.63, 3.8) is 0 Å². The van der Waals surface area contributed by atoms with Gasteiger partial charge in [-0.25, -0.2) is 0 Å². The van der Waals surface area contributed by atoms with E-state index in [9.17, 15) is 0 Å². The van der Waals surface area contributed by atoms with Crippen molar-refractivity contribution in [1.29, 1.82) is 0 Å². The molecular formula is C13H21N3O2S. The summed E-state index contributed by atoms with van der Waals surface area (Å²) in [5.41, 5.74) is 1.03. The maximum atomic E-state index is 9.10. The van der Waals surface area contributed by atoms with E-state index in [4.69, 9.17) is 9.84 Å². The summed E-state index contributed by atoms with van der Waals surface area (Å²) in [5.74, 6) is 1.15. The lowest BCUT2D eigenvalue weighted by Gasteiger charge is -2.21. The Bertz CT molecular complexity index is 521. The molecule has 0 spiro atoms. The zero-order valence-corrected chi connectivity index (χ0v) is 12.4. The molecule has 0 aromatic carbocycles. The molecule has 1 unspecified atom stereocenters. The van der Waals surface area contributed by atoms with E-state index in [-0.39, 0.29) is 6.61 Å². The third-order valence-electron chi connectivity index (χ3n) is 3.29. The summed E-state index contributed by atoms with van der Waals surface area (Å²) in [6.07, 6.45) is 2.76. The first-order valence-electron chi connectivity index (χ1n) is 6.50. The fourth-order valence-electron chi connectivity index (χ4n) is 2.17. The largest absolute Gasteiger partial charge is 0.480 e. The monoisotopic (exact) mass is 283 g/mol. The number of hydrogen-bond donors (Lipinski definition) is 2. The van der Waals surface area contributed by atoms with Gasteiger partial charge in [-0.15, -0.1) is 11.3 Å². The summed E-state index contributed by atoms with van der Waals surface area (Å²) in [7, 11) is 1.64. The van der Waals surface area contributed by atoms with Crippen LogP contribution in [0.1, 0.15) is 26.0 Å². The standard InChI is InChI=1S/C13H21N3O2S/c1-9(2)10(4-6-17)14-8-11-12(18-3)15-13-16(11)5-7-19-13/h5,7,9-10,14,17H,4,6,8H2,1-3H3. The molecule has 106 valence electrons. The number of fused-ring (bicyclic) bond motifs is 1. The first-order chi connectivity index (χ1) is 9.17. The highest BCUT2D eigenvalue weighted by Crippen LogP contribution is 2.23. The van der Waals surface area contributed by atoms with Crippen molar-refractivity contribution in [3.05, 3.63) is 17.3 Å². The Kier molecular flexibility index (Phi) is 4.79. The van der Waals surface area contributed by atoms with Crippen molar-refractivity contribution in [1.82, 2.24) is 14.7 Å². The van der Waals surface area contributed by atoms with Gasteiger partial charge in [-0.1, -0.05) is 13.8 Å². The highest BCUT2D eigenvalue weighted by molar-refractivity contribution is 7.15. The van der Waals surface area contributed by atoms with E-state index in [1.54, 1.807) is 18.4 Å². The fraction of sp³-hybridized carbons (Fsp3) is 0.615. The predicted molar refractivity (Wildman–Crippen MR) is 76.8 cm³/mol. The average Bonchev–Trinajstić information content (AvgIpc) is 2.94. The van der Waals surface area contributed by atoms with E-state index < -0.39 is 0 Å². The summed E-state index contributed by atoms with van der Waals surface area (Å²) >= 11 is 1.59. The lowest BCUT2D eigenvalue weighted by Crippen LogP contribution is -2.34. The van der Waals surface area contributed by atoms with Gasteiger partial charge in [0, 0.05) is 30.8 Å². The molecule has 2 aromatic rings. The molecule has 1 atom stereocenters. The topological polar surface area (TPSA) is 58.8 Å². The molecule has 0 saturated heterocycles. The van der Waals surface area contributed by atoms with E-state index >= 15 is 0 Å². The van der Waals surface area contributed by atoms with Crippen LogP contribution < -0.4 is 10.1 Å². The van der Waals surface area contributed by atoms with E-state index in [1.165, 1.54) is 0 Å². The number of methoxy groups -OCH3 is 1. The van der Waals surface area contributed by atoms with E-state index in [0.717, 1.165) is 17.1 Å². The van der Waals surface area contributed by atoms with Crippen molar-refractivity contribution < 1.29 is 9.84 Å². The van der Waals surface area contributed by atoms with Crippen molar-refractivity contribution in [2.75, 3.05) is 13.7 Å². The van der Waals surface area contributed by atoms with Gasteiger partial charge in [-0.05, 0) is 12.3 Å². The van der Waals surface area contributed by atoms with Crippen LogP contribution >= 0.6 is 11.3 Å². The number of hydrogen-bond acceptors (Lipinski definition) is 5. The molecule has 0 bridgehead atoms. The minimum atomic E-state index is 0.202. The maximum absolute atomic E-state index is 9.10. The summed E-state index contributed by atoms with van der Waals surface area (Å²) < 4.78 is 7.38. The second kappa shape index (κ2) is 6.36. The van der Waals surface area contributed by atoms with Crippen LogP contribution in [0.4, 0.5) is 0 Å². The zero-order valence-electron chi connectivity index (χ0n) is 11.6. The summed E-state index contributed by atoms with van der Waals surface area (Å²) in [5, 5.41) is 14.6. The van der Waals surface area contributed by atoms with E-state index in [2.05, 4.69) is 24.1 Å². The van der Waals surface area contributed by atoms with Crippen LogP contribution in [0.25, 0.3) is 4.96 Å². The van der Waals surface area contributed by atoms with E-state index in [1.807, 2.05) is 16.0 Å². The first-order valence-corrected chi connectivity index (χ1v) is 7.38. The van der Waals surface area contributed by atoms with Crippen LogP contribution in [-0.2, 0) is 6.54 Å². The number of rotatable bonds is 7. The van der Waals surface area contributed by atoms with Crippen LogP contribution in [0.3, 0.4) is 0 Å². The molecule has 5 nitrogen and oxygen atoms in total. The SMILES string of the molecule is COc1nc2sccn2c1CNC(CCO)C(C)C. The third kappa shape index (κ3) is 3.08. The van der Waals surface area contributed by atoms with Gasteiger partial charge in [0.15, 0.2) is 4.96 Å². The van der Waals surface area contributed by atoms with Gasteiger partial charge >= 0.3 is 0 Å². The van der Waals surface area contributed by atoms with Gasteiger partial charge in [0.1, 0.15) is 5.69 Å². The molecule has 2 aromatic heterocycles. The lowest BCUT2D eigenvalue weighted by atomic mass is 10.0. The number of imidazole rings is 1. The summed E-state index contributed by atoms with van der Waals surface area (Å²) in [6.45, 7) is 5.19. The third-order valence-corrected chi connectivity index (χ3v) is 4.05. The van der Waals surface area contributed by atoms with Crippen molar-refractivity contribution in [2.45, 2.75) is 32.9 Å². The number of aliphatic hydroxyl groups excluding tert-OH is 1. The van der Waals surface area contributed by atoms with Gasteiger partial charge in [0.2, 0.25) is 5.88 Å². The van der Waals surface area contributed by atoms with Crippen molar-refractivity contribution in [3.8, 4) is 5.88 Å². The average molecular weight is 283 g/mol. The fourth-order valence-corrected chi connectivity index (χ4v) is 2.90. The van der Waals surface area contributed by atoms with Crippen LogP contribution in [-0.4, -0.2) is 34.2 Å². The molecule has 0 aliphatic heterocycles. The molecule has 2 rings (SSSR count). The summed E-state index contributed by atoms with van der Waals surface area (Å²) in [6, 6.07) is 0.291. The Hall–Kier alpha value is -1.11. The normalized spacial score (nSPS) is 13.3. The number of thiazole rings is 1. The minimum Gasteiger partial charge on any atom is -0.480 e. The molecule has 0 aliphatic carbocycles. The molecule has 2 N–H and O–H groups in total. The Balaban J connectivity index is 2.13. The Morgan fingerprint density at radius 1 is 1.53 bits per heavy atom. The van der Waals surface area contributed by atoms with Crippen molar-refractivity contribution in [2.24, 2.45) is 5.92 Å². The van der Waals surface area contributed by atoms with Gasteiger partial charge < -0.3 is 15.2 Å². The van der Waals surface area contributed by atoms with Gasteiger partial charge in [-0.2, -0.15) is 4.98 Å². The smallest absolute Gasteiger partial charge is 0.237 e. The molecular weight excluding hydrogens is 262 g/mol. The molecule has 0 amide bonds. The molecule has 6 heteroatoms. The summed E-state index contributed by atoms with van der Waals surface area (Å²) in [4.78, 5) is 5.37. The highest BCUT2D eigenvalue weighted by atomic mass is 32.1. The number of ether oxygens (including phenoxy) is 1. The van der Waals surface area contributed by atoms with Crippen LogP contribution in [0.15, 0.2) is 11.6 Å². The first kappa shape index (κ1) is 14.3. The second-order valence-corrected chi connectivity index (χ2v) is 5.74. The molecule has 0 fully saturated rings. The van der Waals surface area contributed by atoms with E-state index in [0.29, 0.717) is 24.4 Å². The lowest BCUT2D eigenvalue weighted by molar-refractivity contribution is 0.243. The van der Waals surface area contributed by atoms with Gasteiger partial charge in [0.25, 0.3) is 0 Å². The Morgan fingerprint density at radius 3 is 2.95 bits per heavy atom. The molecule has 0 radical (unpaired) electrons. The van der Waals surface area contributed by atoms with Crippen LogP contribution in [0.5, 0.6) is 5.88 Å². The Morgan fingerprint density at radius 2 is 2.32 bits per heavy atom. The zero-order chi connectivity index (χ0) is 13.8. The number of nitrogens with one attached hydrogen (secondary N) is 1. The second-order valence-electron chi connectivity index (χ2n) is 4.87. The molecule has 0 aliphatic rings. The molecule has 0 saturated carbocycles.